The molecule has 0 radical (unpaired) electrons. The molecule has 1 heterocycles. The molecule has 0 bridgehead atoms. The van der Waals surface area contributed by atoms with Gasteiger partial charge in [-0.2, -0.15) is 5.26 Å². The van der Waals surface area contributed by atoms with Gasteiger partial charge in [-0.15, -0.1) is 0 Å². The first-order valence-electron chi connectivity index (χ1n) is 10.0. The van der Waals surface area contributed by atoms with Crippen molar-refractivity contribution in [2.75, 3.05) is 27.2 Å². The largest absolute Gasteiger partial charge is 0.333 e. The molecular formula is C23H25N5O3. The number of carbonyl (C=O) groups excluding carboxylic acids is 1. The molecule has 0 aliphatic carbocycles. The van der Waals surface area contributed by atoms with E-state index in [-0.39, 0.29) is 5.91 Å². The lowest BCUT2D eigenvalue weighted by Gasteiger charge is -2.25. The molecule has 0 fully saturated rings. The van der Waals surface area contributed by atoms with Gasteiger partial charge >= 0.3 is 11.1 Å². The number of carbonyl (C=O) groups is 1. The number of nitriles is 1. The molecule has 0 atom stereocenters. The molecule has 0 spiro atoms. The van der Waals surface area contributed by atoms with Crippen LogP contribution in [0.2, 0.25) is 0 Å². The number of amides is 1. The van der Waals surface area contributed by atoms with Gasteiger partial charge in [0.05, 0.1) is 22.7 Å². The summed E-state index contributed by atoms with van der Waals surface area (Å²) < 4.78 is 1.39. The van der Waals surface area contributed by atoms with E-state index in [0.29, 0.717) is 48.3 Å². The number of aryl methyl sites for hydroxylation is 1. The predicted octanol–water partition coefficient (Wildman–Crippen LogP) is 1.79. The summed E-state index contributed by atoms with van der Waals surface area (Å²) >= 11 is 0. The van der Waals surface area contributed by atoms with Crippen molar-refractivity contribution in [3.63, 3.8) is 0 Å². The Balaban J connectivity index is 1.96. The van der Waals surface area contributed by atoms with Crippen LogP contribution in [0.25, 0.3) is 11.0 Å². The van der Waals surface area contributed by atoms with Gasteiger partial charge in [-0.1, -0.05) is 12.1 Å². The zero-order valence-electron chi connectivity index (χ0n) is 17.9. The van der Waals surface area contributed by atoms with Crippen molar-refractivity contribution in [2.24, 2.45) is 0 Å². The topological polar surface area (TPSA) is 102 Å². The molecule has 0 aliphatic rings. The number of rotatable bonds is 7. The second-order valence-electron chi connectivity index (χ2n) is 7.57. The molecule has 0 aliphatic heterocycles. The molecule has 2 aromatic carbocycles. The number of nitrogens with one attached hydrogen (secondary N) is 1. The molecule has 0 saturated carbocycles. The Kier molecular flexibility index (Phi) is 6.68. The molecule has 160 valence electrons. The Bertz CT molecular complexity index is 1250. The fraction of sp³-hybridized carbons (Fsp3) is 0.304. The fourth-order valence-corrected chi connectivity index (χ4v) is 3.39. The van der Waals surface area contributed by atoms with Gasteiger partial charge in [-0.05, 0) is 56.9 Å². The maximum absolute atomic E-state index is 13.3. The quantitative estimate of drug-likeness (QED) is 0.588. The molecule has 8 heteroatoms. The van der Waals surface area contributed by atoms with Gasteiger partial charge in [0.2, 0.25) is 0 Å². The van der Waals surface area contributed by atoms with E-state index in [2.05, 4.69) is 11.1 Å². The summed E-state index contributed by atoms with van der Waals surface area (Å²) in [5.74, 6) is -0.178. The Labute approximate surface area is 180 Å². The smallest absolute Gasteiger partial charge is 0.316 e. The first kappa shape index (κ1) is 22.0. The molecule has 0 unspecified atom stereocenters. The lowest BCUT2D eigenvalue weighted by Crippen LogP contribution is -2.37. The molecule has 3 aromatic rings. The number of aromatic nitrogens is 2. The summed E-state index contributed by atoms with van der Waals surface area (Å²) in [5, 5.41) is 8.99. The molecule has 1 N–H and O–H groups in total. The van der Waals surface area contributed by atoms with Crippen LogP contribution in [0.1, 0.15) is 28.4 Å². The zero-order chi connectivity index (χ0) is 22.5. The van der Waals surface area contributed by atoms with Crippen LogP contribution in [0, 0.1) is 11.3 Å². The molecule has 1 amide bonds. The third-order valence-corrected chi connectivity index (χ3v) is 5.10. The maximum atomic E-state index is 13.3. The fourth-order valence-electron chi connectivity index (χ4n) is 3.39. The van der Waals surface area contributed by atoms with Crippen LogP contribution in [0.5, 0.6) is 0 Å². The van der Waals surface area contributed by atoms with Crippen molar-refractivity contribution in [1.82, 2.24) is 19.4 Å². The van der Waals surface area contributed by atoms with Crippen molar-refractivity contribution in [1.29, 1.82) is 5.26 Å². The minimum Gasteiger partial charge on any atom is -0.333 e. The van der Waals surface area contributed by atoms with E-state index in [4.69, 9.17) is 5.26 Å². The van der Waals surface area contributed by atoms with Gasteiger partial charge in [-0.25, -0.2) is 0 Å². The highest BCUT2D eigenvalue weighted by Gasteiger charge is 2.18. The molecule has 3 rings (SSSR count). The highest BCUT2D eigenvalue weighted by Crippen LogP contribution is 2.16. The minimum atomic E-state index is -0.707. The van der Waals surface area contributed by atoms with Gasteiger partial charge in [0.25, 0.3) is 5.91 Å². The van der Waals surface area contributed by atoms with Crippen LogP contribution in [0.15, 0.2) is 52.1 Å². The SMILES string of the molecule is CCn1c(=O)c(=O)[nH]c2cc(C(=O)N(CCN(C)C)Cc3ccc(C#N)cc3)ccc21. The summed E-state index contributed by atoms with van der Waals surface area (Å²) in [4.78, 5) is 43.7. The number of likely N-dealkylation sites (N-methyl/N-ethyl adjacent to an activating group) is 1. The average molecular weight is 419 g/mol. The normalized spacial score (nSPS) is 10.9. The van der Waals surface area contributed by atoms with Crippen LogP contribution in [-0.2, 0) is 13.1 Å². The predicted molar refractivity (Wildman–Crippen MR) is 119 cm³/mol. The van der Waals surface area contributed by atoms with Crippen LogP contribution in [0.4, 0.5) is 0 Å². The lowest BCUT2D eigenvalue weighted by atomic mass is 10.1. The molecule has 0 saturated heterocycles. The second kappa shape index (κ2) is 9.41. The molecule has 1 aromatic heterocycles. The van der Waals surface area contributed by atoms with E-state index in [0.717, 1.165) is 5.56 Å². The third kappa shape index (κ3) is 4.90. The molecule has 8 nitrogen and oxygen atoms in total. The Morgan fingerprint density at radius 3 is 2.42 bits per heavy atom. The van der Waals surface area contributed by atoms with Crippen molar-refractivity contribution in [3.05, 3.63) is 79.9 Å². The highest BCUT2D eigenvalue weighted by atomic mass is 16.2. The van der Waals surface area contributed by atoms with E-state index in [1.807, 2.05) is 31.1 Å². The van der Waals surface area contributed by atoms with E-state index in [9.17, 15) is 14.4 Å². The van der Waals surface area contributed by atoms with Crippen molar-refractivity contribution < 1.29 is 4.79 Å². The van der Waals surface area contributed by atoms with E-state index < -0.39 is 11.1 Å². The van der Waals surface area contributed by atoms with Crippen LogP contribution in [0.3, 0.4) is 0 Å². The summed E-state index contributed by atoms with van der Waals surface area (Å²) in [6.07, 6.45) is 0. The highest BCUT2D eigenvalue weighted by molar-refractivity contribution is 5.97. The Hall–Kier alpha value is -3.70. The lowest BCUT2D eigenvalue weighted by molar-refractivity contribution is 0.0732. The first-order valence-corrected chi connectivity index (χ1v) is 10.0. The molecular weight excluding hydrogens is 394 g/mol. The van der Waals surface area contributed by atoms with Crippen molar-refractivity contribution in [3.8, 4) is 6.07 Å². The number of nitrogens with zero attached hydrogens (tertiary/aromatic N) is 4. The van der Waals surface area contributed by atoms with Crippen LogP contribution in [-0.4, -0.2) is 52.4 Å². The number of H-pyrrole nitrogens is 1. The van der Waals surface area contributed by atoms with Gasteiger partial charge < -0.3 is 19.4 Å². The molecule has 31 heavy (non-hydrogen) atoms. The summed E-state index contributed by atoms with van der Waals surface area (Å²) in [7, 11) is 3.88. The van der Waals surface area contributed by atoms with E-state index >= 15 is 0 Å². The number of hydrogen-bond acceptors (Lipinski definition) is 5. The maximum Gasteiger partial charge on any atom is 0.316 e. The first-order chi connectivity index (χ1) is 14.8. The summed E-state index contributed by atoms with van der Waals surface area (Å²) in [6, 6.07) is 14.2. The summed E-state index contributed by atoms with van der Waals surface area (Å²) in [5.41, 5.74) is 1.62. The zero-order valence-corrected chi connectivity index (χ0v) is 17.9. The van der Waals surface area contributed by atoms with Crippen molar-refractivity contribution in [2.45, 2.75) is 20.0 Å². The van der Waals surface area contributed by atoms with Crippen LogP contribution < -0.4 is 11.1 Å². The number of aromatic amines is 1. The number of hydrogen-bond donors (Lipinski definition) is 1. The minimum absolute atomic E-state index is 0.178. The Morgan fingerprint density at radius 2 is 1.81 bits per heavy atom. The van der Waals surface area contributed by atoms with Gasteiger partial charge in [0.1, 0.15) is 0 Å². The second-order valence-corrected chi connectivity index (χ2v) is 7.57. The number of benzene rings is 2. The summed E-state index contributed by atoms with van der Waals surface area (Å²) in [6.45, 7) is 3.73. The Morgan fingerprint density at radius 1 is 1.10 bits per heavy atom. The average Bonchev–Trinajstić information content (AvgIpc) is 2.77. The van der Waals surface area contributed by atoms with E-state index in [1.165, 1.54) is 4.57 Å². The van der Waals surface area contributed by atoms with Crippen LogP contribution >= 0.6 is 0 Å². The van der Waals surface area contributed by atoms with Crippen molar-refractivity contribution >= 4 is 16.9 Å². The van der Waals surface area contributed by atoms with Gasteiger partial charge in [0.15, 0.2) is 0 Å². The van der Waals surface area contributed by atoms with Gasteiger partial charge in [-0.3, -0.25) is 14.4 Å². The number of fused-ring (bicyclic) bond motifs is 1. The van der Waals surface area contributed by atoms with E-state index in [1.54, 1.807) is 42.2 Å². The van der Waals surface area contributed by atoms with Gasteiger partial charge in [0, 0.05) is 31.7 Å². The monoisotopic (exact) mass is 419 g/mol. The third-order valence-electron chi connectivity index (χ3n) is 5.10. The standard InChI is InChI=1S/C23H25N5O3/c1-4-28-20-10-9-18(13-19(20)25-21(29)23(28)31)22(30)27(12-11-26(2)3)15-17-7-5-16(14-24)6-8-17/h5-10,13H,4,11-12,15H2,1-3H3,(H,25,29).